The summed E-state index contributed by atoms with van der Waals surface area (Å²) < 4.78 is 10.2. The summed E-state index contributed by atoms with van der Waals surface area (Å²) in [7, 11) is 0. The molecule has 0 bridgehead atoms. The predicted octanol–water partition coefficient (Wildman–Crippen LogP) is 2.61. The number of nitrogens with one attached hydrogen (secondary N) is 1. The molecule has 0 radical (unpaired) electrons. The van der Waals surface area contributed by atoms with E-state index in [1.807, 2.05) is 13.8 Å². The van der Waals surface area contributed by atoms with E-state index in [1.165, 1.54) is 0 Å². The van der Waals surface area contributed by atoms with Gasteiger partial charge in [0.2, 0.25) is 0 Å². The average Bonchev–Trinajstić information content (AvgIpc) is 2.49. The lowest BCUT2D eigenvalue weighted by atomic mass is 10.1. The Kier molecular flexibility index (Phi) is 7.81. The van der Waals surface area contributed by atoms with Gasteiger partial charge < -0.3 is 19.9 Å². The van der Waals surface area contributed by atoms with Crippen molar-refractivity contribution in [3.05, 3.63) is 29.8 Å². The molecule has 0 fully saturated rings. The molecular weight excluding hydrogens is 286 g/mol. The van der Waals surface area contributed by atoms with Crippen LogP contribution in [0.2, 0.25) is 0 Å². The number of carboxylic acid groups (broad SMARTS) is 1. The van der Waals surface area contributed by atoms with Crippen LogP contribution in [-0.2, 0) is 16.0 Å². The fourth-order valence-corrected chi connectivity index (χ4v) is 1.82. The van der Waals surface area contributed by atoms with Gasteiger partial charge in [0.1, 0.15) is 11.8 Å². The molecule has 1 aromatic rings. The molecule has 1 unspecified atom stereocenters. The molecule has 6 heteroatoms. The largest absolute Gasteiger partial charge is 0.494 e. The number of amides is 1. The van der Waals surface area contributed by atoms with Crippen molar-refractivity contribution in [2.24, 2.45) is 0 Å². The number of alkyl carbamates (subject to hydrolysis) is 1. The number of carbonyl (C=O) groups excluding carboxylic acids is 1. The van der Waals surface area contributed by atoms with Gasteiger partial charge in [0.25, 0.3) is 0 Å². The van der Waals surface area contributed by atoms with Crippen LogP contribution >= 0.6 is 0 Å². The quantitative estimate of drug-likeness (QED) is 0.685. The van der Waals surface area contributed by atoms with Gasteiger partial charge in [-0.3, -0.25) is 0 Å². The number of unbranched alkanes of at least 4 members (excludes halogenated alkanes) is 1. The maximum absolute atomic E-state index is 11.5. The number of carbonyl (C=O) groups is 2. The minimum Gasteiger partial charge on any atom is -0.494 e. The van der Waals surface area contributed by atoms with Gasteiger partial charge in [-0.25, -0.2) is 9.59 Å². The Balaban J connectivity index is 2.56. The van der Waals surface area contributed by atoms with Crippen molar-refractivity contribution in [1.29, 1.82) is 0 Å². The van der Waals surface area contributed by atoms with Crippen LogP contribution in [0.15, 0.2) is 24.3 Å². The lowest BCUT2D eigenvalue weighted by Gasteiger charge is -2.15. The van der Waals surface area contributed by atoms with Crippen LogP contribution in [0, 0.1) is 0 Å². The Hall–Kier alpha value is -2.24. The van der Waals surface area contributed by atoms with Crippen LogP contribution in [-0.4, -0.2) is 36.4 Å². The summed E-state index contributed by atoms with van der Waals surface area (Å²) in [6, 6.07) is 6.09. The maximum atomic E-state index is 11.5. The van der Waals surface area contributed by atoms with Gasteiger partial charge in [-0.2, -0.15) is 0 Å². The topological polar surface area (TPSA) is 84.9 Å². The SMILES string of the molecule is CCCCOC(=O)NC(Cc1ccc(OCC)cc1)C(=O)O. The van der Waals surface area contributed by atoms with Crippen molar-refractivity contribution < 1.29 is 24.2 Å². The molecule has 122 valence electrons. The van der Waals surface area contributed by atoms with E-state index in [4.69, 9.17) is 9.47 Å². The highest BCUT2D eigenvalue weighted by atomic mass is 16.5. The first kappa shape index (κ1) is 17.8. The normalized spacial score (nSPS) is 11.5. The number of hydrogen-bond donors (Lipinski definition) is 2. The lowest BCUT2D eigenvalue weighted by molar-refractivity contribution is -0.139. The number of ether oxygens (including phenoxy) is 2. The maximum Gasteiger partial charge on any atom is 0.407 e. The zero-order valence-corrected chi connectivity index (χ0v) is 13.0. The summed E-state index contributed by atoms with van der Waals surface area (Å²) in [4.78, 5) is 22.8. The van der Waals surface area contributed by atoms with Crippen molar-refractivity contribution in [3.8, 4) is 5.75 Å². The van der Waals surface area contributed by atoms with Crippen LogP contribution in [0.25, 0.3) is 0 Å². The number of hydrogen-bond acceptors (Lipinski definition) is 4. The minimum absolute atomic E-state index is 0.185. The number of aliphatic carboxylic acids is 1. The standard InChI is InChI=1S/C16H23NO5/c1-3-5-10-22-16(20)17-14(15(18)19)11-12-6-8-13(9-7-12)21-4-2/h6-9,14H,3-5,10-11H2,1-2H3,(H,17,20)(H,18,19). The Morgan fingerprint density at radius 1 is 1.23 bits per heavy atom. The second-order valence-electron chi connectivity index (χ2n) is 4.81. The Morgan fingerprint density at radius 3 is 2.45 bits per heavy atom. The molecule has 0 heterocycles. The molecule has 1 rings (SSSR count). The fraction of sp³-hybridized carbons (Fsp3) is 0.500. The zero-order chi connectivity index (χ0) is 16.4. The third-order valence-electron chi connectivity index (χ3n) is 3.00. The highest BCUT2D eigenvalue weighted by molar-refractivity contribution is 5.80. The third kappa shape index (κ3) is 6.47. The summed E-state index contributed by atoms with van der Waals surface area (Å²) >= 11 is 0. The lowest BCUT2D eigenvalue weighted by Crippen LogP contribution is -2.42. The monoisotopic (exact) mass is 309 g/mol. The van der Waals surface area contributed by atoms with Crippen molar-refractivity contribution >= 4 is 12.1 Å². The molecule has 0 aliphatic carbocycles. The predicted molar refractivity (Wildman–Crippen MR) is 82.1 cm³/mol. The second kappa shape index (κ2) is 9.65. The summed E-state index contributed by atoms with van der Waals surface area (Å²) in [5, 5.41) is 11.6. The van der Waals surface area contributed by atoms with Gasteiger partial charge in [-0.1, -0.05) is 25.5 Å². The highest BCUT2D eigenvalue weighted by Gasteiger charge is 2.21. The minimum atomic E-state index is -1.10. The van der Waals surface area contributed by atoms with Crippen LogP contribution in [0.3, 0.4) is 0 Å². The first-order chi connectivity index (χ1) is 10.6. The van der Waals surface area contributed by atoms with Gasteiger partial charge in [-0.15, -0.1) is 0 Å². The van der Waals surface area contributed by atoms with E-state index in [-0.39, 0.29) is 13.0 Å². The zero-order valence-electron chi connectivity index (χ0n) is 13.0. The molecule has 1 atom stereocenters. The van der Waals surface area contributed by atoms with E-state index in [2.05, 4.69) is 5.32 Å². The molecule has 0 saturated heterocycles. The van der Waals surface area contributed by atoms with Crippen LogP contribution < -0.4 is 10.1 Å². The van der Waals surface area contributed by atoms with Gasteiger partial charge in [0.15, 0.2) is 0 Å². The summed E-state index contributed by atoms with van der Waals surface area (Å²) in [6.07, 6.45) is 1.14. The van der Waals surface area contributed by atoms with Gasteiger partial charge in [0.05, 0.1) is 13.2 Å². The van der Waals surface area contributed by atoms with Crippen molar-refractivity contribution in [2.75, 3.05) is 13.2 Å². The fourth-order valence-electron chi connectivity index (χ4n) is 1.82. The van der Waals surface area contributed by atoms with Crippen molar-refractivity contribution in [2.45, 2.75) is 39.2 Å². The summed E-state index contributed by atoms with van der Waals surface area (Å²) in [6.45, 7) is 4.73. The molecule has 0 saturated carbocycles. The average molecular weight is 309 g/mol. The highest BCUT2D eigenvalue weighted by Crippen LogP contribution is 2.13. The van der Waals surface area contributed by atoms with E-state index in [0.29, 0.717) is 6.61 Å². The van der Waals surface area contributed by atoms with Crippen LogP contribution in [0.1, 0.15) is 32.3 Å². The van der Waals surface area contributed by atoms with Crippen LogP contribution in [0.4, 0.5) is 4.79 Å². The van der Waals surface area contributed by atoms with Crippen LogP contribution in [0.5, 0.6) is 5.75 Å². The number of carboxylic acids is 1. The number of benzene rings is 1. The number of rotatable bonds is 9. The van der Waals surface area contributed by atoms with Gasteiger partial charge in [-0.05, 0) is 31.0 Å². The Labute approximate surface area is 130 Å². The molecule has 0 spiro atoms. The van der Waals surface area contributed by atoms with Gasteiger partial charge >= 0.3 is 12.1 Å². The Bertz CT molecular complexity index is 472. The van der Waals surface area contributed by atoms with E-state index in [0.717, 1.165) is 24.2 Å². The molecule has 0 aromatic heterocycles. The molecule has 22 heavy (non-hydrogen) atoms. The summed E-state index contributed by atoms with van der Waals surface area (Å²) in [5.74, 6) is -0.369. The van der Waals surface area contributed by atoms with Crippen molar-refractivity contribution in [1.82, 2.24) is 5.32 Å². The smallest absolute Gasteiger partial charge is 0.407 e. The molecular formula is C16H23NO5. The van der Waals surface area contributed by atoms with E-state index in [1.54, 1.807) is 24.3 Å². The molecule has 1 amide bonds. The second-order valence-corrected chi connectivity index (χ2v) is 4.81. The first-order valence-electron chi connectivity index (χ1n) is 7.44. The summed E-state index contributed by atoms with van der Waals surface area (Å²) in [5.41, 5.74) is 0.796. The van der Waals surface area contributed by atoms with Crippen molar-refractivity contribution in [3.63, 3.8) is 0 Å². The van der Waals surface area contributed by atoms with E-state index in [9.17, 15) is 14.7 Å². The molecule has 0 aliphatic rings. The Morgan fingerprint density at radius 2 is 1.91 bits per heavy atom. The first-order valence-corrected chi connectivity index (χ1v) is 7.44. The molecule has 6 nitrogen and oxygen atoms in total. The molecule has 1 aromatic carbocycles. The molecule has 2 N–H and O–H groups in total. The van der Waals surface area contributed by atoms with E-state index < -0.39 is 18.1 Å². The molecule has 0 aliphatic heterocycles. The van der Waals surface area contributed by atoms with E-state index >= 15 is 0 Å². The third-order valence-corrected chi connectivity index (χ3v) is 3.00. The van der Waals surface area contributed by atoms with Gasteiger partial charge in [0, 0.05) is 6.42 Å².